The summed E-state index contributed by atoms with van der Waals surface area (Å²) in [5.74, 6) is -0.686. The fraction of sp³-hybridized carbons (Fsp3) is 0.412. The summed E-state index contributed by atoms with van der Waals surface area (Å²) in [5, 5.41) is 0. The number of hydrogen-bond acceptors (Lipinski definition) is 2. The molecule has 1 N–H and O–H groups in total. The number of nitrogens with one attached hydrogen (secondary N) is 1. The van der Waals surface area contributed by atoms with Gasteiger partial charge >= 0.3 is 6.18 Å². The predicted molar refractivity (Wildman–Crippen MR) is 82.6 cm³/mol. The Labute approximate surface area is 141 Å². The van der Waals surface area contributed by atoms with Crippen LogP contribution in [0.1, 0.15) is 46.2 Å². The highest BCUT2D eigenvalue weighted by molar-refractivity contribution is 5.94. The number of H-pyrrole nitrogens is 1. The molecule has 1 fully saturated rings. The topological polar surface area (TPSA) is 49.0 Å². The number of nitrogens with zero attached hydrogens (tertiary/aromatic N) is 2. The molecule has 1 aromatic heterocycles. The normalized spacial score (nSPS) is 18.4. The van der Waals surface area contributed by atoms with Gasteiger partial charge in [-0.05, 0) is 43.5 Å². The van der Waals surface area contributed by atoms with E-state index < -0.39 is 11.9 Å². The molecule has 0 saturated carbocycles. The van der Waals surface area contributed by atoms with Crippen molar-refractivity contribution < 1.29 is 22.4 Å². The van der Waals surface area contributed by atoms with Crippen molar-refractivity contribution in [3.8, 4) is 0 Å². The molecule has 0 radical (unpaired) electrons. The Morgan fingerprint density at radius 1 is 1.36 bits per heavy atom. The van der Waals surface area contributed by atoms with Crippen molar-refractivity contribution in [3.05, 3.63) is 52.9 Å². The molecule has 25 heavy (non-hydrogen) atoms. The molecule has 1 aliphatic rings. The van der Waals surface area contributed by atoms with E-state index in [2.05, 4.69) is 9.97 Å². The molecule has 2 heterocycles. The predicted octanol–water partition coefficient (Wildman–Crippen LogP) is 3.90. The van der Waals surface area contributed by atoms with E-state index in [0.717, 1.165) is 6.20 Å². The lowest BCUT2D eigenvalue weighted by molar-refractivity contribution is -0.141. The summed E-state index contributed by atoms with van der Waals surface area (Å²) >= 11 is 0. The third-order valence-corrected chi connectivity index (χ3v) is 4.40. The minimum atomic E-state index is -4.47. The molecule has 0 bridgehead atoms. The highest BCUT2D eigenvalue weighted by Crippen LogP contribution is 2.31. The van der Waals surface area contributed by atoms with Crippen LogP contribution in [-0.2, 0) is 6.18 Å². The number of aromatic nitrogens is 2. The first kappa shape index (κ1) is 17.4. The molecule has 3 rings (SSSR count). The number of rotatable bonds is 2. The van der Waals surface area contributed by atoms with Crippen LogP contribution in [0.25, 0.3) is 0 Å². The van der Waals surface area contributed by atoms with Crippen LogP contribution in [0.2, 0.25) is 0 Å². The zero-order chi connectivity index (χ0) is 18.2. The molecule has 1 saturated heterocycles. The Bertz CT molecular complexity index is 784. The van der Waals surface area contributed by atoms with Crippen LogP contribution in [0.3, 0.4) is 0 Å². The lowest BCUT2D eigenvalue weighted by atomic mass is 9.96. The zero-order valence-corrected chi connectivity index (χ0v) is 13.5. The van der Waals surface area contributed by atoms with Crippen molar-refractivity contribution in [2.45, 2.75) is 31.9 Å². The van der Waals surface area contributed by atoms with E-state index in [1.807, 2.05) is 0 Å². The Morgan fingerprint density at radius 3 is 2.76 bits per heavy atom. The average Bonchev–Trinajstić information content (AvgIpc) is 3.07. The van der Waals surface area contributed by atoms with Crippen molar-refractivity contribution in [1.82, 2.24) is 14.9 Å². The maximum Gasteiger partial charge on any atom is 0.432 e. The van der Waals surface area contributed by atoms with E-state index in [-0.39, 0.29) is 30.0 Å². The minimum Gasteiger partial charge on any atom is -0.338 e. The van der Waals surface area contributed by atoms with Crippen molar-refractivity contribution in [1.29, 1.82) is 0 Å². The van der Waals surface area contributed by atoms with Gasteiger partial charge in [0.05, 0.1) is 6.20 Å². The van der Waals surface area contributed by atoms with Crippen LogP contribution in [-0.4, -0.2) is 33.9 Å². The fourth-order valence-corrected chi connectivity index (χ4v) is 3.03. The number of benzene rings is 1. The lowest BCUT2D eigenvalue weighted by Gasteiger charge is -2.32. The van der Waals surface area contributed by atoms with E-state index in [1.54, 1.807) is 11.8 Å². The van der Waals surface area contributed by atoms with E-state index in [0.29, 0.717) is 30.5 Å². The van der Waals surface area contributed by atoms with Gasteiger partial charge in [-0.3, -0.25) is 4.79 Å². The Kier molecular flexibility index (Phi) is 4.53. The SMILES string of the molecule is Cc1cc(C(=O)N2CCC[C@H](c3ncc(C(F)(F)F)[nH]3)C2)ccc1F. The maximum absolute atomic E-state index is 13.4. The minimum absolute atomic E-state index is 0.236. The van der Waals surface area contributed by atoms with Gasteiger partial charge < -0.3 is 9.88 Å². The molecule has 1 aromatic carbocycles. The number of imidazole rings is 1. The van der Waals surface area contributed by atoms with E-state index >= 15 is 0 Å². The van der Waals surface area contributed by atoms with Gasteiger partial charge in [-0.1, -0.05) is 0 Å². The first-order valence-electron chi connectivity index (χ1n) is 7.93. The summed E-state index contributed by atoms with van der Waals surface area (Å²) in [6.07, 6.45) is -2.38. The quantitative estimate of drug-likeness (QED) is 0.831. The van der Waals surface area contributed by atoms with Crippen LogP contribution in [0.15, 0.2) is 24.4 Å². The molecule has 0 aliphatic carbocycles. The second kappa shape index (κ2) is 6.50. The zero-order valence-electron chi connectivity index (χ0n) is 13.5. The fourth-order valence-electron chi connectivity index (χ4n) is 3.03. The number of hydrogen-bond donors (Lipinski definition) is 1. The molecular weight excluding hydrogens is 338 g/mol. The van der Waals surface area contributed by atoms with Crippen LogP contribution in [0, 0.1) is 12.7 Å². The molecule has 0 spiro atoms. The van der Waals surface area contributed by atoms with Crippen LogP contribution in [0.4, 0.5) is 17.6 Å². The van der Waals surface area contributed by atoms with Crippen LogP contribution < -0.4 is 0 Å². The maximum atomic E-state index is 13.4. The standard InChI is InChI=1S/C17H17F4N3O/c1-10-7-11(4-5-13(10)18)16(25)24-6-2-3-12(9-24)15-22-8-14(23-15)17(19,20)21/h4-5,7-8,12H,2-3,6,9H2,1H3,(H,22,23)/t12-/m0/s1. The number of halogens is 4. The van der Waals surface area contributed by atoms with Crippen molar-refractivity contribution in [2.75, 3.05) is 13.1 Å². The second-order valence-corrected chi connectivity index (χ2v) is 6.23. The van der Waals surface area contributed by atoms with Gasteiger partial charge in [0, 0.05) is 24.6 Å². The number of alkyl halides is 3. The molecule has 4 nitrogen and oxygen atoms in total. The third kappa shape index (κ3) is 3.67. The summed E-state index contributed by atoms with van der Waals surface area (Å²) in [6.45, 7) is 2.37. The Morgan fingerprint density at radius 2 is 2.12 bits per heavy atom. The summed E-state index contributed by atoms with van der Waals surface area (Å²) < 4.78 is 51.5. The summed E-state index contributed by atoms with van der Waals surface area (Å²) in [7, 11) is 0. The van der Waals surface area contributed by atoms with E-state index in [4.69, 9.17) is 0 Å². The van der Waals surface area contributed by atoms with Crippen LogP contribution >= 0.6 is 0 Å². The van der Waals surface area contributed by atoms with E-state index in [1.165, 1.54) is 18.2 Å². The molecule has 0 unspecified atom stereocenters. The number of carbonyl (C=O) groups excluding carboxylic acids is 1. The van der Waals surface area contributed by atoms with Gasteiger partial charge in [0.1, 0.15) is 17.3 Å². The molecule has 1 amide bonds. The van der Waals surface area contributed by atoms with Gasteiger partial charge in [-0.25, -0.2) is 9.37 Å². The molecule has 1 atom stereocenters. The number of carbonyl (C=O) groups is 1. The van der Waals surface area contributed by atoms with Gasteiger partial charge in [0.25, 0.3) is 5.91 Å². The third-order valence-electron chi connectivity index (χ3n) is 4.40. The first-order chi connectivity index (χ1) is 11.8. The van der Waals surface area contributed by atoms with Gasteiger partial charge in [0.2, 0.25) is 0 Å². The van der Waals surface area contributed by atoms with Gasteiger partial charge in [-0.2, -0.15) is 13.2 Å². The second-order valence-electron chi connectivity index (χ2n) is 6.23. The van der Waals surface area contributed by atoms with Crippen molar-refractivity contribution >= 4 is 5.91 Å². The molecule has 1 aliphatic heterocycles. The summed E-state index contributed by atoms with van der Waals surface area (Å²) in [5.41, 5.74) is -0.143. The van der Waals surface area contributed by atoms with Crippen molar-refractivity contribution in [3.63, 3.8) is 0 Å². The average molecular weight is 355 g/mol. The molecule has 8 heteroatoms. The number of piperidine rings is 1. The molecule has 2 aromatic rings. The highest BCUT2D eigenvalue weighted by Gasteiger charge is 2.35. The molecular formula is C17H17F4N3O. The summed E-state index contributed by atoms with van der Waals surface area (Å²) in [4.78, 5) is 20.3. The highest BCUT2D eigenvalue weighted by atomic mass is 19.4. The lowest BCUT2D eigenvalue weighted by Crippen LogP contribution is -2.39. The van der Waals surface area contributed by atoms with E-state index in [9.17, 15) is 22.4 Å². The summed E-state index contributed by atoms with van der Waals surface area (Å²) in [6, 6.07) is 4.14. The number of aromatic amines is 1. The Hall–Kier alpha value is -2.38. The number of amides is 1. The smallest absolute Gasteiger partial charge is 0.338 e. The molecule has 134 valence electrons. The van der Waals surface area contributed by atoms with Gasteiger partial charge in [-0.15, -0.1) is 0 Å². The monoisotopic (exact) mass is 355 g/mol. The van der Waals surface area contributed by atoms with Gasteiger partial charge in [0.15, 0.2) is 0 Å². The van der Waals surface area contributed by atoms with Crippen LogP contribution in [0.5, 0.6) is 0 Å². The first-order valence-corrected chi connectivity index (χ1v) is 7.93. The Balaban J connectivity index is 1.75. The number of aryl methyl sites for hydroxylation is 1. The van der Waals surface area contributed by atoms with Crippen molar-refractivity contribution in [2.24, 2.45) is 0 Å². The number of likely N-dealkylation sites (tertiary alicyclic amines) is 1. The largest absolute Gasteiger partial charge is 0.432 e.